The first-order valence-electron chi connectivity index (χ1n) is 5.33. The first-order valence-corrected chi connectivity index (χ1v) is 6.21. The lowest BCUT2D eigenvalue weighted by molar-refractivity contribution is 0.773. The predicted octanol–water partition coefficient (Wildman–Crippen LogP) is 3.94. The molecule has 0 atom stereocenters. The van der Waals surface area contributed by atoms with Crippen molar-refractivity contribution in [1.29, 1.82) is 0 Å². The molecule has 0 aliphatic heterocycles. The highest BCUT2D eigenvalue weighted by molar-refractivity contribution is 7.16. The molecule has 80 valence electrons. The quantitative estimate of drug-likeness (QED) is 0.766. The van der Waals surface area contributed by atoms with Crippen molar-refractivity contribution < 1.29 is 0 Å². The second kappa shape index (κ2) is 3.89. The van der Waals surface area contributed by atoms with E-state index in [1.165, 1.54) is 10.4 Å². The highest BCUT2D eigenvalue weighted by atomic mass is 32.1. The Hall–Kier alpha value is -0.960. The third-order valence-corrected chi connectivity index (χ3v) is 3.28. The van der Waals surface area contributed by atoms with Gasteiger partial charge in [0.15, 0.2) is 0 Å². The van der Waals surface area contributed by atoms with Crippen LogP contribution in [0, 0.1) is 0 Å². The van der Waals surface area contributed by atoms with E-state index in [9.17, 15) is 0 Å². The molecule has 15 heavy (non-hydrogen) atoms. The van der Waals surface area contributed by atoms with Crippen LogP contribution < -0.4 is 0 Å². The van der Waals surface area contributed by atoms with Gasteiger partial charge in [0.25, 0.3) is 0 Å². The molecule has 0 aromatic carbocycles. The van der Waals surface area contributed by atoms with Crippen LogP contribution in [0.25, 0.3) is 10.2 Å². The average molecular weight is 220 g/mol. The van der Waals surface area contributed by atoms with Crippen LogP contribution in [0.5, 0.6) is 0 Å². The van der Waals surface area contributed by atoms with Crippen molar-refractivity contribution >= 4 is 21.6 Å². The van der Waals surface area contributed by atoms with Gasteiger partial charge in [-0.3, -0.25) is 4.98 Å². The standard InChI is InChI=1S/C12H16N2S/c1-7(2)9-5-10-12(13-6-15-10)11(14-9)8(3)4/h5-8H,1-4H3. The zero-order valence-electron chi connectivity index (χ0n) is 9.61. The van der Waals surface area contributed by atoms with Gasteiger partial charge in [0.05, 0.1) is 15.9 Å². The van der Waals surface area contributed by atoms with Gasteiger partial charge in [0, 0.05) is 5.69 Å². The summed E-state index contributed by atoms with van der Waals surface area (Å²) in [5.74, 6) is 0.919. The lowest BCUT2D eigenvalue weighted by Crippen LogP contribution is -2.00. The number of pyridine rings is 1. The molecule has 0 radical (unpaired) electrons. The second-order valence-electron chi connectivity index (χ2n) is 4.44. The summed E-state index contributed by atoms with van der Waals surface area (Å²) >= 11 is 1.70. The van der Waals surface area contributed by atoms with Crippen molar-refractivity contribution in [3.05, 3.63) is 23.0 Å². The highest BCUT2D eigenvalue weighted by Crippen LogP contribution is 2.28. The minimum Gasteiger partial charge on any atom is -0.255 e. The van der Waals surface area contributed by atoms with E-state index in [-0.39, 0.29) is 0 Å². The predicted molar refractivity (Wildman–Crippen MR) is 65.6 cm³/mol. The molecule has 0 aliphatic carbocycles. The fraction of sp³-hybridized carbons (Fsp3) is 0.500. The summed E-state index contributed by atoms with van der Waals surface area (Å²) < 4.78 is 1.26. The third kappa shape index (κ3) is 1.88. The number of hydrogen-bond acceptors (Lipinski definition) is 3. The summed E-state index contributed by atoms with van der Waals surface area (Å²) in [6.07, 6.45) is 0. The van der Waals surface area contributed by atoms with E-state index in [1.54, 1.807) is 11.3 Å². The fourth-order valence-corrected chi connectivity index (χ4v) is 2.34. The number of thiazole rings is 1. The van der Waals surface area contributed by atoms with Crippen molar-refractivity contribution in [3.8, 4) is 0 Å². The Morgan fingerprint density at radius 1 is 1.13 bits per heavy atom. The molecule has 0 N–H and O–H groups in total. The van der Waals surface area contributed by atoms with Gasteiger partial charge in [-0.15, -0.1) is 11.3 Å². The van der Waals surface area contributed by atoms with Crippen LogP contribution in [0.2, 0.25) is 0 Å². The number of nitrogens with zero attached hydrogens (tertiary/aromatic N) is 2. The van der Waals surface area contributed by atoms with Crippen LogP contribution >= 0.6 is 11.3 Å². The van der Waals surface area contributed by atoms with E-state index in [0.29, 0.717) is 11.8 Å². The molecule has 0 fully saturated rings. The number of hydrogen-bond donors (Lipinski definition) is 0. The SMILES string of the molecule is CC(C)c1cc2scnc2c(C(C)C)n1. The van der Waals surface area contributed by atoms with Crippen molar-refractivity contribution in [1.82, 2.24) is 9.97 Å². The molecule has 2 heterocycles. The zero-order valence-corrected chi connectivity index (χ0v) is 10.4. The Bertz CT molecular complexity index is 471. The summed E-state index contributed by atoms with van der Waals surface area (Å²) in [6.45, 7) is 8.70. The van der Waals surface area contributed by atoms with Gasteiger partial charge >= 0.3 is 0 Å². The molecule has 0 spiro atoms. The molecule has 2 aromatic rings. The molecule has 0 aliphatic rings. The molecule has 2 rings (SSSR count). The van der Waals surface area contributed by atoms with E-state index in [1.807, 2.05) is 5.51 Å². The van der Waals surface area contributed by atoms with Gasteiger partial charge in [-0.25, -0.2) is 4.98 Å². The van der Waals surface area contributed by atoms with Gasteiger partial charge in [0.1, 0.15) is 5.52 Å². The highest BCUT2D eigenvalue weighted by Gasteiger charge is 2.12. The average Bonchev–Trinajstić information content (AvgIpc) is 2.62. The minimum atomic E-state index is 0.438. The van der Waals surface area contributed by atoms with E-state index in [4.69, 9.17) is 4.98 Å². The summed E-state index contributed by atoms with van der Waals surface area (Å²) in [5.41, 5.74) is 5.30. The smallest absolute Gasteiger partial charge is 0.103 e. The van der Waals surface area contributed by atoms with Crippen LogP contribution in [-0.2, 0) is 0 Å². The van der Waals surface area contributed by atoms with E-state index < -0.39 is 0 Å². The molecule has 2 aromatic heterocycles. The van der Waals surface area contributed by atoms with Gasteiger partial charge < -0.3 is 0 Å². The molecular formula is C12H16N2S. The normalized spacial score (nSPS) is 11.9. The maximum absolute atomic E-state index is 4.72. The Morgan fingerprint density at radius 3 is 2.47 bits per heavy atom. The number of rotatable bonds is 2. The lowest BCUT2D eigenvalue weighted by Gasteiger charge is -2.10. The Morgan fingerprint density at radius 2 is 1.87 bits per heavy atom. The Kier molecular flexibility index (Phi) is 2.74. The van der Waals surface area contributed by atoms with Gasteiger partial charge in [0.2, 0.25) is 0 Å². The summed E-state index contributed by atoms with van der Waals surface area (Å²) in [5, 5.41) is 0. The molecule has 0 bridgehead atoms. The third-order valence-electron chi connectivity index (χ3n) is 2.50. The zero-order chi connectivity index (χ0) is 11.0. The van der Waals surface area contributed by atoms with Crippen LogP contribution in [-0.4, -0.2) is 9.97 Å². The summed E-state index contributed by atoms with van der Waals surface area (Å²) in [6, 6.07) is 2.17. The van der Waals surface area contributed by atoms with E-state index in [0.717, 1.165) is 11.2 Å². The molecule has 0 saturated heterocycles. The van der Waals surface area contributed by atoms with Crippen LogP contribution in [0.1, 0.15) is 50.9 Å². The molecule has 0 saturated carbocycles. The molecule has 3 heteroatoms. The maximum Gasteiger partial charge on any atom is 0.103 e. The minimum absolute atomic E-state index is 0.438. The largest absolute Gasteiger partial charge is 0.255 e. The summed E-state index contributed by atoms with van der Waals surface area (Å²) in [4.78, 5) is 9.11. The monoisotopic (exact) mass is 220 g/mol. The molecule has 0 amide bonds. The first kappa shape index (κ1) is 10.6. The maximum atomic E-state index is 4.72. The van der Waals surface area contributed by atoms with Crippen molar-refractivity contribution in [2.75, 3.05) is 0 Å². The van der Waals surface area contributed by atoms with Crippen LogP contribution in [0.15, 0.2) is 11.6 Å². The van der Waals surface area contributed by atoms with Gasteiger partial charge in [-0.1, -0.05) is 27.7 Å². The Balaban J connectivity index is 2.69. The number of aromatic nitrogens is 2. The van der Waals surface area contributed by atoms with Crippen molar-refractivity contribution in [3.63, 3.8) is 0 Å². The lowest BCUT2D eigenvalue weighted by atomic mass is 10.0. The van der Waals surface area contributed by atoms with Crippen LogP contribution in [0.3, 0.4) is 0 Å². The second-order valence-corrected chi connectivity index (χ2v) is 5.33. The summed E-state index contributed by atoms with van der Waals surface area (Å²) in [7, 11) is 0. The molecule has 0 unspecified atom stereocenters. The fourth-order valence-electron chi connectivity index (χ4n) is 1.61. The van der Waals surface area contributed by atoms with Crippen molar-refractivity contribution in [2.24, 2.45) is 0 Å². The topological polar surface area (TPSA) is 25.8 Å². The van der Waals surface area contributed by atoms with Crippen LogP contribution in [0.4, 0.5) is 0 Å². The van der Waals surface area contributed by atoms with E-state index >= 15 is 0 Å². The van der Waals surface area contributed by atoms with Crippen molar-refractivity contribution in [2.45, 2.75) is 39.5 Å². The van der Waals surface area contributed by atoms with Gasteiger partial charge in [-0.2, -0.15) is 0 Å². The van der Waals surface area contributed by atoms with Gasteiger partial charge in [-0.05, 0) is 17.9 Å². The Labute approximate surface area is 94.4 Å². The molecule has 2 nitrogen and oxygen atoms in total. The molecular weight excluding hydrogens is 204 g/mol. The van der Waals surface area contributed by atoms with E-state index in [2.05, 4.69) is 38.7 Å². The number of fused-ring (bicyclic) bond motifs is 1. The first-order chi connectivity index (χ1) is 7.09.